The number of aromatic nitrogens is 1. The van der Waals surface area contributed by atoms with E-state index < -0.39 is 0 Å². The molecule has 0 aliphatic carbocycles. The summed E-state index contributed by atoms with van der Waals surface area (Å²) in [7, 11) is 0. The first-order valence-electron chi connectivity index (χ1n) is 3.53. The van der Waals surface area contributed by atoms with Crippen molar-refractivity contribution < 1.29 is 0 Å². The smallest absolute Gasteiger partial charge is 0.0456 e. The minimum absolute atomic E-state index is 1.08. The highest BCUT2D eigenvalue weighted by Gasteiger charge is 1.97. The van der Waals surface area contributed by atoms with Gasteiger partial charge in [0, 0.05) is 21.5 Å². The molecule has 0 bridgehead atoms. The highest BCUT2D eigenvalue weighted by Crippen LogP contribution is 2.19. The summed E-state index contributed by atoms with van der Waals surface area (Å²) < 4.78 is 1.08. The molecule has 1 aromatic carbocycles. The molecule has 2 aromatic rings. The minimum Gasteiger partial charge on any atom is -0.361 e. The van der Waals surface area contributed by atoms with Gasteiger partial charge in [0.2, 0.25) is 0 Å². The molecular formula is C9H8IN. The lowest BCUT2D eigenvalue weighted by molar-refractivity contribution is 1.46. The molecule has 1 nitrogen and oxygen atoms in total. The van der Waals surface area contributed by atoms with Gasteiger partial charge in [-0.15, -0.1) is 0 Å². The molecule has 0 spiro atoms. The Hall–Kier alpha value is -0.510. The van der Waals surface area contributed by atoms with Crippen molar-refractivity contribution in [3.05, 3.63) is 36.0 Å². The third kappa shape index (κ3) is 1.15. The number of aromatic amines is 1. The van der Waals surface area contributed by atoms with Gasteiger partial charge in [-0.25, -0.2) is 0 Å². The fraction of sp³-hybridized carbons (Fsp3) is 0.111. The number of rotatable bonds is 1. The van der Waals surface area contributed by atoms with E-state index in [1.807, 2.05) is 6.20 Å². The van der Waals surface area contributed by atoms with Crippen LogP contribution in [0.1, 0.15) is 5.56 Å². The van der Waals surface area contributed by atoms with E-state index in [0.717, 1.165) is 4.43 Å². The molecule has 0 saturated carbocycles. The molecule has 0 atom stereocenters. The summed E-state index contributed by atoms with van der Waals surface area (Å²) in [5.41, 5.74) is 2.64. The molecule has 0 radical (unpaired) electrons. The SMILES string of the molecule is ICc1cccc2[nH]ccc12. The lowest BCUT2D eigenvalue weighted by Crippen LogP contribution is -1.76. The predicted molar refractivity (Wildman–Crippen MR) is 56.0 cm³/mol. The van der Waals surface area contributed by atoms with Crippen molar-refractivity contribution in [2.45, 2.75) is 4.43 Å². The average Bonchev–Trinajstić information content (AvgIpc) is 2.50. The van der Waals surface area contributed by atoms with Crippen molar-refractivity contribution in [3.63, 3.8) is 0 Å². The Morgan fingerprint density at radius 3 is 3.00 bits per heavy atom. The maximum atomic E-state index is 3.19. The maximum absolute atomic E-state index is 3.19. The van der Waals surface area contributed by atoms with E-state index in [-0.39, 0.29) is 0 Å². The molecule has 2 rings (SSSR count). The average molecular weight is 257 g/mol. The maximum Gasteiger partial charge on any atom is 0.0456 e. The van der Waals surface area contributed by atoms with Crippen molar-refractivity contribution in [2.24, 2.45) is 0 Å². The lowest BCUT2D eigenvalue weighted by Gasteiger charge is -1.95. The van der Waals surface area contributed by atoms with Crippen LogP contribution in [0.15, 0.2) is 30.5 Å². The Bertz CT molecular complexity index is 364. The molecule has 11 heavy (non-hydrogen) atoms. The summed E-state index contributed by atoms with van der Waals surface area (Å²) in [5.74, 6) is 0. The molecule has 0 aliphatic heterocycles. The number of fused-ring (bicyclic) bond motifs is 1. The number of H-pyrrole nitrogens is 1. The van der Waals surface area contributed by atoms with Crippen LogP contribution in [0, 0.1) is 0 Å². The first kappa shape index (κ1) is 7.16. The second-order valence-electron chi connectivity index (χ2n) is 2.49. The molecule has 1 heterocycles. The quantitative estimate of drug-likeness (QED) is 0.596. The van der Waals surface area contributed by atoms with Crippen molar-refractivity contribution in [1.29, 1.82) is 0 Å². The van der Waals surface area contributed by atoms with E-state index in [0.29, 0.717) is 0 Å². The van der Waals surface area contributed by atoms with Crippen LogP contribution in [0.4, 0.5) is 0 Å². The second kappa shape index (κ2) is 2.85. The summed E-state index contributed by atoms with van der Waals surface area (Å²) >= 11 is 2.39. The van der Waals surface area contributed by atoms with Crippen molar-refractivity contribution in [2.75, 3.05) is 0 Å². The van der Waals surface area contributed by atoms with Gasteiger partial charge in [0.15, 0.2) is 0 Å². The summed E-state index contributed by atoms with van der Waals surface area (Å²) in [6.45, 7) is 0. The Kier molecular flexibility index (Phi) is 1.85. The highest BCUT2D eigenvalue weighted by molar-refractivity contribution is 14.1. The first-order valence-corrected chi connectivity index (χ1v) is 5.05. The fourth-order valence-corrected chi connectivity index (χ4v) is 1.93. The van der Waals surface area contributed by atoms with E-state index in [4.69, 9.17) is 0 Å². The first-order chi connectivity index (χ1) is 5.42. The summed E-state index contributed by atoms with van der Waals surface area (Å²) in [6, 6.07) is 8.49. The standard InChI is InChI=1S/C9H8IN/c10-6-7-2-1-3-9-8(7)4-5-11-9/h1-5,11H,6H2. The van der Waals surface area contributed by atoms with Gasteiger partial charge in [-0.2, -0.15) is 0 Å². The lowest BCUT2D eigenvalue weighted by atomic mass is 10.1. The largest absolute Gasteiger partial charge is 0.361 e. The van der Waals surface area contributed by atoms with Gasteiger partial charge < -0.3 is 4.98 Å². The third-order valence-corrected chi connectivity index (χ3v) is 2.65. The summed E-state index contributed by atoms with van der Waals surface area (Å²) in [5, 5.41) is 1.35. The van der Waals surface area contributed by atoms with Crippen LogP contribution in [0.5, 0.6) is 0 Å². The molecule has 0 aliphatic rings. The van der Waals surface area contributed by atoms with Gasteiger partial charge in [0.25, 0.3) is 0 Å². The van der Waals surface area contributed by atoms with Crippen molar-refractivity contribution in [3.8, 4) is 0 Å². The topological polar surface area (TPSA) is 15.8 Å². The molecule has 0 unspecified atom stereocenters. The monoisotopic (exact) mass is 257 g/mol. The van der Waals surface area contributed by atoms with Gasteiger partial charge in [0.05, 0.1) is 0 Å². The number of hydrogen-bond acceptors (Lipinski definition) is 0. The van der Waals surface area contributed by atoms with Crippen LogP contribution >= 0.6 is 22.6 Å². The zero-order chi connectivity index (χ0) is 7.68. The zero-order valence-corrected chi connectivity index (χ0v) is 8.13. The van der Waals surface area contributed by atoms with Crippen molar-refractivity contribution >= 4 is 33.5 Å². The van der Waals surface area contributed by atoms with Crippen LogP contribution in [0.3, 0.4) is 0 Å². The third-order valence-electron chi connectivity index (χ3n) is 1.83. The van der Waals surface area contributed by atoms with Crippen molar-refractivity contribution in [1.82, 2.24) is 4.98 Å². The van der Waals surface area contributed by atoms with Gasteiger partial charge >= 0.3 is 0 Å². The molecule has 1 N–H and O–H groups in total. The summed E-state index contributed by atoms with van der Waals surface area (Å²) in [6.07, 6.45) is 1.99. The number of nitrogens with one attached hydrogen (secondary N) is 1. The number of hydrogen-bond donors (Lipinski definition) is 1. The fourth-order valence-electron chi connectivity index (χ4n) is 1.27. The van der Waals surface area contributed by atoms with E-state index in [2.05, 4.69) is 51.8 Å². The normalized spacial score (nSPS) is 10.6. The molecule has 0 fully saturated rings. The molecule has 0 saturated heterocycles. The van der Waals surface area contributed by atoms with E-state index in [1.165, 1.54) is 16.5 Å². The molecule has 56 valence electrons. The predicted octanol–water partition coefficient (Wildman–Crippen LogP) is 3.10. The second-order valence-corrected chi connectivity index (χ2v) is 3.25. The highest BCUT2D eigenvalue weighted by atomic mass is 127. The molecule has 0 amide bonds. The molecule has 2 heteroatoms. The number of halogens is 1. The van der Waals surface area contributed by atoms with Crippen LogP contribution in [-0.2, 0) is 4.43 Å². The van der Waals surface area contributed by atoms with E-state index >= 15 is 0 Å². The number of alkyl halides is 1. The summed E-state index contributed by atoms with van der Waals surface area (Å²) in [4.78, 5) is 3.19. The van der Waals surface area contributed by atoms with Crippen LogP contribution in [0.25, 0.3) is 10.9 Å². The van der Waals surface area contributed by atoms with Gasteiger partial charge in [-0.05, 0) is 17.7 Å². The van der Waals surface area contributed by atoms with Crippen LogP contribution in [0.2, 0.25) is 0 Å². The number of benzene rings is 1. The Labute approximate surface area is 78.9 Å². The molecule has 1 aromatic heterocycles. The van der Waals surface area contributed by atoms with Gasteiger partial charge in [0.1, 0.15) is 0 Å². The van der Waals surface area contributed by atoms with Crippen LogP contribution < -0.4 is 0 Å². The van der Waals surface area contributed by atoms with Gasteiger partial charge in [-0.3, -0.25) is 0 Å². The van der Waals surface area contributed by atoms with Gasteiger partial charge in [-0.1, -0.05) is 34.7 Å². The molecular weight excluding hydrogens is 249 g/mol. The zero-order valence-electron chi connectivity index (χ0n) is 5.97. The Morgan fingerprint density at radius 2 is 2.18 bits per heavy atom. The minimum atomic E-state index is 1.08. The Balaban J connectivity index is 2.79. The van der Waals surface area contributed by atoms with Crippen LogP contribution in [-0.4, -0.2) is 4.98 Å². The van der Waals surface area contributed by atoms with E-state index in [9.17, 15) is 0 Å². The Morgan fingerprint density at radius 1 is 1.27 bits per heavy atom. The van der Waals surface area contributed by atoms with E-state index in [1.54, 1.807) is 0 Å².